The molecule has 0 aromatic heterocycles. The van der Waals surface area contributed by atoms with Gasteiger partial charge in [0.25, 0.3) is 0 Å². The van der Waals surface area contributed by atoms with Crippen LogP contribution in [0, 0.1) is 0 Å². The molecule has 0 aliphatic carbocycles. The molecular formula is C28H26O4. The first-order valence-corrected chi connectivity index (χ1v) is 10.7. The first kappa shape index (κ1) is 21.3. The molecule has 0 heterocycles. The predicted octanol–water partition coefficient (Wildman–Crippen LogP) is 6.30. The second-order valence-electron chi connectivity index (χ2n) is 7.14. The molecule has 4 heteroatoms. The van der Waals surface area contributed by atoms with Crippen LogP contribution in [0.15, 0.2) is 109 Å². The van der Waals surface area contributed by atoms with E-state index >= 15 is 0 Å². The lowest BCUT2D eigenvalue weighted by atomic mass is 10.2. The average Bonchev–Trinajstić information content (AvgIpc) is 2.86. The summed E-state index contributed by atoms with van der Waals surface area (Å²) in [5.41, 5.74) is 2.22. The lowest BCUT2D eigenvalue weighted by Crippen LogP contribution is -2.10. The third-order valence-electron chi connectivity index (χ3n) is 4.77. The van der Waals surface area contributed by atoms with Crippen LogP contribution in [0.2, 0.25) is 0 Å². The molecule has 4 rings (SSSR count). The van der Waals surface area contributed by atoms with Crippen molar-refractivity contribution in [3.8, 4) is 23.0 Å². The zero-order valence-electron chi connectivity index (χ0n) is 17.9. The molecule has 4 aromatic rings. The van der Waals surface area contributed by atoms with E-state index in [0.29, 0.717) is 49.4 Å². The Hall–Kier alpha value is -3.92. The number of benzene rings is 4. The second-order valence-corrected chi connectivity index (χ2v) is 7.14. The van der Waals surface area contributed by atoms with Crippen LogP contribution in [0.3, 0.4) is 0 Å². The third kappa shape index (κ3) is 6.29. The van der Waals surface area contributed by atoms with Crippen LogP contribution in [-0.2, 0) is 13.2 Å². The number of ether oxygens (including phenoxy) is 4. The fourth-order valence-electron chi connectivity index (χ4n) is 3.15. The standard InChI is InChI=1S/C28H26O4/c1-3-11-23(12-4-1)21-31-27-17-9-7-15-25(27)29-19-20-30-26-16-8-10-18-28(26)32-22-24-13-5-2-6-14-24/h1-18H,19-22H2. The summed E-state index contributed by atoms with van der Waals surface area (Å²) in [7, 11) is 0. The highest BCUT2D eigenvalue weighted by Gasteiger charge is 2.07. The van der Waals surface area contributed by atoms with Gasteiger partial charge in [0.15, 0.2) is 23.0 Å². The van der Waals surface area contributed by atoms with Gasteiger partial charge in [0.05, 0.1) is 0 Å². The minimum atomic E-state index is 0.388. The monoisotopic (exact) mass is 426 g/mol. The molecule has 0 saturated carbocycles. The molecule has 4 nitrogen and oxygen atoms in total. The molecule has 0 amide bonds. The van der Waals surface area contributed by atoms with Crippen LogP contribution in [0.25, 0.3) is 0 Å². The Labute approximate surface area is 189 Å². The van der Waals surface area contributed by atoms with Gasteiger partial charge in [0.1, 0.15) is 26.4 Å². The van der Waals surface area contributed by atoms with Crippen molar-refractivity contribution in [3.63, 3.8) is 0 Å². The maximum atomic E-state index is 5.95. The molecule has 0 aliphatic rings. The van der Waals surface area contributed by atoms with Gasteiger partial charge in [-0.3, -0.25) is 0 Å². The van der Waals surface area contributed by atoms with E-state index in [-0.39, 0.29) is 0 Å². The smallest absolute Gasteiger partial charge is 0.161 e. The summed E-state index contributed by atoms with van der Waals surface area (Å²) in [5.74, 6) is 2.81. The largest absolute Gasteiger partial charge is 0.486 e. The quantitative estimate of drug-likeness (QED) is 0.264. The van der Waals surface area contributed by atoms with Gasteiger partial charge in [-0.15, -0.1) is 0 Å². The highest BCUT2D eigenvalue weighted by Crippen LogP contribution is 2.29. The van der Waals surface area contributed by atoms with E-state index in [4.69, 9.17) is 18.9 Å². The van der Waals surface area contributed by atoms with Crippen LogP contribution in [0.4, 0.5) is 0 Å². The van der Waals surface area contributed by atoms with Gasteiger partial charge in [-0.1, -0.05) is 84.9 Å². The van der Waals surface area contributed by atoms with Crippen LogP contribution in [0.5, 0.6) is 23.0 Å². The van der Waals surface area contributed by atoms with Gasteiger partial charge >= 0.3 is 0 Å². The van der Waals surface area contributed by atoms with Gasteiger partial charge in [-0.25, -0.2) is 0 Å². The fourth-order valence-corrected chi connectivity index (χ4v) is 3.15. The van der Waals surface area contributed by atoms with Crippen LogP contribution < -0.4 is 18.9 Å². The highest BCUT2D eigenvalue weighted by atomic mass is 16.6. The Morgan fingerprint density at radius 1 is 0.344 bits per heavy atom. The van der Waals surface area contributed by atoms with E-state index in [0.717, 1.165) is 11.1 Å². The molecule has 0 fully saturated rings. The van der Waals surface area contributed by atoms with Crippen molar-refractivity contribution >= 4 is 0 Å². The van der Waals surface area contributed by atoms with E-state index in [1.165, 1.54) is 0 Å². The molecule has 0 atom stereocenters. The van der Waals surface area contributed by atoms with Crippen LogP contribution >= 0.6 is 0 Å². The average molecular weight is 427 g/mol. The topological polar surface area (TPSA) is 36.9 Å². The summed E-state index contributed by atoms with van der Waals surface area (Å²) >= 11 is 0. The van der Waals surface area contributed by atoms with Gasteiger partial charge < -0.3 is 18.9 Å². The van der Waals surface area contributed by atoms with Crippen molar-refractivity contribution in [2.24, 2.45) is 0 Å². The van der Waals surface area contributed by atoms with Crippen molar-refractivity contribution in [1.82, 2.24) is 0 Å². The SMILES string of the molecule is c1ccc(COc2ccccc2OCCOc2ccccc2OCc2ccccc2)cc1. The van der Waals surface area contributed by atoms with Gasteiger partial charge in [-0.05, 0) is 35.4 Å². The first-order valence-electron chi connectivity index (χ1n) is 10.7. The van der Waals surface area contributed by atoms with E-state index < -0.39 is 0 Å². The summed E-state index contributed by atoms with van der Waals surface area (Å²) in [6, 6.07) is 35.5. The zero-order valence-corrected chi connectivity index (χ0v) is 17.9. The second kappa shape index (κ2) is 11.5. The van der Waals surface area contributed by atoms with Crippen molar-refractivity contribution < 1.29 is 18.9 Å². The first-order chi connectivity index (χ1) is 15.9. The molecule has 0 unspecified atom stereocenters. The Kier molecular flexibility index (Phi) is 7.64. The minimum absolute atomic E-state index is 0.388. The molecule has 32 heavy (non-hydrogen) atoms. The van der Waals surface area contributed by atoms with Gasteiger partial charge in [0, 0.05) is 0 Å². The van der Waals surface area contributed by atoms with Crippen molar-refractivity contribution in [3.05, 3.63) is 120 Å². The number of para-hydroxylation sites is 4. The number of hydrogen-bond donors (Lipinski definition) is 0. The van der Waals surface area contributed by atoms with E-state index in [1.807, 2.05) is 109 Å². The Morgan fingerprint density at radius 3 is 1.03 bits per heavy atom. The molecular weight excluding hydrogens is 400 g/mol. The van der Waals surface area contributed by atoms with Gasteiger partial charge in [0.2, 0.25) is 0 Å². The normalized spacial score (nSPS) is 10.4. The number of rotatable bonds is 11. The molecule has 0 saturated heterocycles. The highest BCUT2D eigenvalue weighted by molar-refractivity contribution is 5.40. The lowest BCUT2D eigenvalue weighted by molar-refractivity contribution is 0.197. The van der Waals surface area contributed by atoms with E-state index in [2.05, 4.69) is 0 Å². The van der Waals surface area contributed by atoms with Gasteiger partial charge in [-0.2, -0.15) is 0 Å². The molecule has 0 N–H and O–H groups in total. The Bertz CT molecular complexity index is 992. The van der Waals surface area contributed by atoms with Crippen molar-refractivity contribution in [2.45, 2.75) is 13.2 Å². The van der Waals surface area contributed by atoms with Crippen molar-refractivity contribution in [2.75, 3.05) is 13.2 Å². The van der Waals surface area contributed by atoms with E-state index in [1.54, 1.807) is 0 Å². The molecule has 0 radical (unpaired) electrons. The summed E-state index contributed by atoms with van der Waals surface area (Å²) in [6.45, 7) is 1.76. The van der Waals surface area contributed by atoms with Crippen molar-refractivity contribution in [1.29, 1.82) is 0 Å². The molecule has 0 bridgehead atoms. The maximum Gasteiger partial charge on any atom is 0.161 e. The summed E-state index contributed by atoms with van der Waals surface area (Å²) in [6.07, 6.45) is 0. The maximum absolute atomic E-state index is 5.95. The van der Waals surface area contributed by atoms with Crippen LogP contribution in [0.1, 0.15) is 11.1 Å². The summed E-state index contributed by atoms with van der Waals surface area (Å²) in [4.78, 5) is 0. The molecule has 0 aliphatic heterocycles. The Morgan fingerprint density at radius 2 is 0.656 bits per heavy atom. The third-order valence-corrected chi connectivity index (χ3v) is 4.77. The molecule has 162 valence electrons. The fraction of sp³-hybridized carbons (Fsp3) is 0.143. The predicted molar refractivity (Wildman–Crippen MR) is 125 cm³/mol. The lowest BCUT2D eigenvalue weighted by Gasteiger charge is -2.15. The molecule has 0 spiro atoms. The summed E-state index contributed by atoms with van der Waals surface area (Å²) in [5, 5.41) is 0. The minimum Gasteiger partial charge on any atom is -0.486 e. The molecule has 4 aromatic carbocycles. The van der Waals surface area contributed by atoms with E-state index in [9.17, 15) is 0 Å². The summed E-state index contributed by atoms with van der Waals surface area (Å²) < 4.78 is 23.7. The Balaban J connectivity index is 1.28. The zero-order chi connectivity index (χ0) is 21.8. The van der Waals surface area contributed by atoms with Crippen LogP contribution in [-0.4, -0.2) is 13.2 Å². The number of hydrogen-bond acceptors (Lipinski definition) is 4.